The van der Waals surface area contributed by atoms with Gasteiger partial charge in [-0.25, -0.2) is 4.98 Å². The van der Waals surface area contributed by atoms with Crippen LogP contribution in [0.15, 0.2) is 23.4 Å². The zero-order valence-electron chi connectivity index (χ0n) is 7.74. The maximum Gasteiger partial charge on any atom is 0.0802 e. The fraction of sp³-hybridized carbons (Fsp3) is 0.300. The van der Waals surface area contributed by atoms with Crippen LogP contribution in [0.1, 0.15) is 24.4 Å². The Bertz CT molecular complexity index is 385. The molecule has 1 aliphatic rings. The van der Waals surface area contributed by atoms with E-state index in [0.717, 1.165) is 11.4 Å². The Labute approximate surface area is 81.8 Å². The number of nitrogens with zero attached hydrogens (tertiary/aromatic N) is 1. The molecule has 0 aromatic carbocycles. The lowest BCUT2D eigenvalue weighted by molar-refractivity contribution is 0.683. The molecule has 1 heterocycles. The van der Waals surface area contributed by atoms with Crippen LogP contribution < -0.4 is 5.73 Å². The Hall–Kier alpha value is -1.09. The van der Waals surface area contributed by atoms with Crippen LogP contribution >= 0.6 is 11.3 Å². The van der Waals surface area contributed by atoms with Gasteiger partial charge in [-0.3, -0.25) is 0 Å². The van der Waals surface area contributed by atoms with E-state index in [2.05, 4.69) is 24.9 Å². The average Bonchev–Trinajstić information content (AvgIpc) is 2.46. The lowest BCUT2D eigenvalue weighted by Crippen LogP contribution is -2.12. The van der Waals surface area contributed by atoms with Gasteiger partial charge in [-0.15, -0.1) is 11.3 Å². The van der Waals surface area contributed by atoms with Crippen molar-refractivity contribution < 1.29 is 0 Å². The summed E-state index contributed by atoms with van der Waals surface area (Å²) in [5.41, 5.74) is 9.48. The van der Waals surface area contributed by atoms with Gasteiger partial charge < -0.3 is 5.73 Å². The molecule has 0 bridgehead atoms. The van der Waals surface area contributed by atoms with Crippen molar-refractivity contribution in [3.8, 4) is 0 Å². The second-order valence-corrected chi connectivity index (χ2v) is 4.62. The summed E-state index contributed by atoms with van der Waals surface area (Å²) in [7, 11) is 0. The summed E-state index contributed by atoms with van der Waals surface area (Å²) in [6.45, 7) is 4.35. The summed E-state index contributed by atoms with van der Waals surface area (Å²) >= 11 is 1.69. The number of hydrogen-bond acceptors (Lipinski definition) is 3. The highest BCUT2D eigenvalue weighted by Gasteiger charge is 2.23. The summed E-state index contributed by atoms with van der Waals surface area (Å²) in [4.78, 5) is 5.57. The lowest BCUT2D eigenvalue weighted by Gasteiger charge is -2.17. The van der Waals surface area contributed by atoms with E-state index >= 15 is 0 Å². The summed E-state index contributed by atoms with van der Waals surface area (Å²) in [5, 5.41) is 0. The third-order valence-corrected chi connectivity index (χ3v) is 3.36. The molecule has 0 unspecified atom stereocenters. The molecule has 13 heavy (non-hydrogen) atoms. The highest BCUT2D eigenvalue weighted by atomic mass is 32.1. The number of rotatable bonds is 0. The third kappa shape index (κ3) is 1.40. The van der Waals surface area contributed by atoms with Gasteiger partial charge in [0, 0.05) is 16.0 Å². The number of allylic oxidation sites excluding steroid dienone is 2. The summed E-state index contributed by atoms with van der Waals surface area (Å²) in [6.07, 6.45) is 6.01. The number of hydrogen-bond donors (Lipinski definition) is 1. The van der Waals surface area contributed by atoms with Crippen molar-refractivity contribution in [1.82, 2.24) is 4.98 Å². The van der Waals surface area contributed by atoms with E-state index in [9.17, 15) is 0 Å². The van der Waals surface area contributed by atoms with Crippen molar-refractivity contribution in [3.63, 3.8) is 0 Å². The van der Waals surface area contributed by atoms with Gasteiger partial charge in [0.25, 0.3) is 0 Å². The molecule has 0 spiro atoms. The molecule has 1 aromatic heterocycles. The minimum absolute atomic E-state index is 0.0497. The third-order valence-electron chi connectivity index (χ3n) is 2.18. The Morgan fingerprint density at radius 3 is 3.00 bits per heavy atom. The Kier molecular flexibility index (Phi) is 1.77. The zero-order valence-corrected chi connectivity index (χ0v) is 8.56. The van der Waals surface area contributed by atoms with Gasteiger partial charge in [-0.2, -0.15) is 0 Å². The predicted octanol–water partition coefficient (Wildman–Crippen LogP) is 2.29. The molecule has 0 saturated heterocycles. The monoisotopic (exact) mass is 192 g/mol. The summed E-state index contributed by atoms with van der Waals surface area (Å²) in [6, 6.07) is 0. The summed E-state index contributed by atoms with van der Waals surface area (Å²) < 4.78 is 0. The Morgan fingerprint density at radius 1 is 1.46 bits per heavy atom. The predicted molar refractivity (Wildman–Crippen MR) is 56.4 cm³/mol. The highest BCUT2D eigenvalue weighted by molar-refractivity contribution is 7.10. The van der Waals surface area contributed by atoms with Crippen LogP contribution in [-0.2, 0) is 5.41 Å². The van der Waals surface area contributed by atoms with Gasteiger partial charge in [0.1, 0.15) is 0 Å². The van der Waals surface area contributed by atoms with E-state index in [-0.39, 0.29) is 5.41 Å². The van der Waals surface area contributed by atoms with Crippen LogP contribution in [0.5, 0.6) is 0 Å². The molecule has 2 nitrogen and oxygen atoms in total. The molecule has 1 aliphatic carbocycles. The molecule has 0 radical (unpaired) electrons. The first-order valence-electron chi connectivity index (χ1n) is 4.20. The molecule has 0 fully saturated rings. The van der Waals surface area contributed by atoms with E-state index in [1.54, 1.807) is 11.3 Å². The average molecular weight is 192 g/mol. The molecule has 68 valence electrons. The quantitative estimate of drug-likeness (QED) is 0.685. The second-order valence-electron chi connectivity index (χ2n) is 3.77. The van der Waals surface area contributed by atoms with E-state index in [1.807, 2.05) is 17.7 Å². The zero-order chi connectivity index (χ0) is 9.47. The van der Waals surface area contributed by atoms with Crippen molar-refractivity contribution in [3.05, 3.63) is 33.9 Å². The molecule has 2 N–H and O–H groups in total. The van der Waals surface area contributed by atoms with Gasteiger partial charge in [0.15, 0.2) is 0 Å². The van der Waals surface area contributed by atoms with E-state index in [0.29, 0.717) is 0 Å². The first-order chi connectivity index (χ1) is 6.09. The van der Waals surface area contributed by atoms with Gasteiger partial charge in [0.05, 0.1) is 11.2 Å². The molecule has 1 aromatic rings. The fourth-order valence-corrected chi connectivity index (χ4v) is 2.30. The van der Waals surface area contributed by atoms with Crippen LogP contribution in [0, 0.1) is 0 Å². The number of nitrogens with two attached hydrogens (primary N) is 1. The van der Waals surface area contributed by atoms with Crippen LogP contribution in [-0.4, -0.2) is 4.98 Å². The number of thiazole rings is 1. The van der Waals surface area contributed by atoms with Gasteiger partial charge in [-0.05, 0) is 12.2 Å². The molecule has 0 aliphatic heterocycles. The van der Waals surface area contributed by atoms with Crippen molar-refractivity contribution in [1.29, 1.82) is 0 Å². The normalized spacial score (nSPS) is 19.1. The smallest absolute Gasteiger partial charge is 0.0802 e. The van der Waals surface area contributed by atoms with Gasteiger partial charge in [-0.1, -0.05) is 19.9 Å². The van der Waals surface area contributed by atoms with Crippen LogP contribution in [0.3, 0.4) is 0 Å². The minimum Gasteiger partial charge on any atom is -0.399 e. The first kappa shape index (κ1) is 8.51. The minimum atomic E-state index is 0.0497. The van der Waals surface area contributed by atoms with E-state index in [4.69, 9.17) is 5.73 Å². The SMILES string of the molecule is CC1(C)C=CC(N)=Cc2ncsc21. The maximum absolute atomic E-state index is 5.77. The van der Waals surface area contributed by atoms with E-state index < -0.39 is 0 Å². The second kappa shape index (κ2) is 2.70. The van der Waals surface area contributed by atoms with Crippen LogP contribution in [0.2, 0.25) is 0 Å². The Morgan fingerprint density at radius 2 is 2.23 bits per heavy atom. The molecule has 0 amide bonds. The fourth-order valence-electron chi connectivity index (χ4n) is 1.43. The molecular formula is C10H12N2S. The number of aromatic nitrogens is 1. The standard InChI is InChI=1S/C10H12N2S/c1-10(2)4-3-7(11)5-8-9(10)13-6-12-8/h3-6H,11H2,1-2H3. The van der Waals surface area contributed by atoms with Crippen molar-refractivity contribution >= 4 is 17.4 Å². The highest BCUT2D eigenvalue weighted by Crippen LogP contribution is 2.33. The molecule has 0 saturated carbocycles. The molecular weight excluding hydrogens is 180 g/mol. The summed E-state index contributed by atoms with van der Waals surface area (Å²) in [5.74, 6) is 0. The topological polar surface area (TPSA) is 38.9 Å². The molecule has 2 rings (SSSR count). The van der Waals surface area contributed by atoms with Crippen molar-refractivity contribution in [2.75, 3.05) is 0 Å². The lowest BCUT2D eigenvalue weighted by atomic mass is 9.91. The number of fused-ring (bicyclic) bond motifs is 1. The molecule has 0 atom stereocenters. The van der Waals surface area contributed by atoms with Crippen molar-refractivity contribution in [2.45, 2.75) is 19.3 Å². The van der Waals surface area contributed by atoms with Crippen LogP contribution in [0.25, 0.3) is 6.08 Å². The first-order valence-corrected chi connectivity index (χ1v) is 5.08. The van der Waals surface area contributed by atoms with Crippen molar-refractivity contribution in [2.24, 2.45) is 5.73 Å². The van der Waals surface area contributed by atoms with Gasteiger partial charge in [0.2, 0.25) is 0 Å². The van der Waals surface area contributed by atoms with Crippen LogP contribution in [0.4, 0.5) is 0 Å². The van der Waals surface area contributed by atoms with Gasteiger partial charge >= 0.3 is 0 Å². The van der Waals surface area contributed by atoms with E-state index in [1.165, 1.54) is 4.88 Å². The maximum atomic E-state index is 5.77. The Balaban J connectivity index is 2.63. The molecule has 3 heteroatoms. The largest absolute Gasteiger partial charge is 0.399 e.